The van der Waals surface area contributed by atoms with Gasteiger partial charge in [-0.25, -0.2) is 4.79 Å². The largest absolute Gasteiger partial charge is 0.493 e. The zero-order chi connectivity index (χ0) is 16.8. The highest BCUT2D eigenvalue weighted by Gasteiger charge is 2.11. The Hall–Kier alpha value is -1.98. The summed E-state index contributed by atoms with van der Waals surface area (Å²) in [5.74, 6) is -0.167. The fourth-order valence-corrected chi connectivity index (χ4v) is 2.42. The molecule has 0 saturated heterocycles. The van der Waals surface area contributed by atoms with Crippen LogP contribution in [0.25, 0.3) is 6.08 Å². The van der Waals surface area contributed by atoms with Crippen molar-refractivity contribution >= 4 is 39.6 Å². The van der Waals surface area contributed by atoms with Gasteiger partial charge in [-0.15, -0.1) is 0 Å². The molecule has 120 valence electrons. The maximum absolute atomic E-state index is 10.6. The van der Waals surface area contributed by atoms with Gasteiger partial charge >= 0.3 is 5.97 Å². The molecule has 0 radical (unpaired) electrons. The summed E-state index contributed by atoms with van der Waals surface area (Å²) in [6.45, 7) is 0.341. The van der Waals surface area contributed by atoms with Crippen molar-refractivity contribution in [2.24, 2.45) is 0 Å². The summed E-state index contributed by atoms with van der Waals surface area (Å²) in [6.07, 6.45) is 2.47. The minimum Gasteiger partial charge on any atom is -0.493 e. The Bertz CT molecular complexity index is 726. The number of carbonyl (C=O) groups is 1. The molecule has 0 fully saturated rings. The van der Waals surface area contributed by atoms with E-state index in [1.165, 1.54) is 13.2 Å². The second-order valence-corrected chi connectivity index (χ2v) is 5.94. The van der Waals surface area contributed by atoms with E-state index in [9.17, 15) is 4.79 Å². The molecule has 0 bridgehead atoms. The van der Waals surface area contributed by atoms with Crippen molar-refractivity contribution in [2.75, 3.05) is 7.11 Å². The standard InChI is InChI=1S/C17H14BrClO4/c1-22-15-9-12(4-7-16(20)21)8-14(19)17(15)23-10-11-2-5-13(18)6-3-11/h2-9H,10H2,1H3,(H,20,21). The lowest BCUT2D eigenvalue weighted by atomic mass is 10.2. The van der Waals surface area contributed by atoms with Crippen LogP contribution in [0.4, 0.5) is 0 Å². The Balaban J connectivity index is 2.20. The van der Waals surface area contributed by atoms with Crippen LogP contribution in [-0.2, 0) is 11.4 Å². The molecule has 6 heteroatoms. The third kappa shape index (κ3) is 5.01. The fourth-order valence-electron chi connectivity index (χ4n) is 1.88. The Morgan fingerprint density at radius 2 is 2.00 bits per heavy atom. The van der Waals surface area contributed by atoms with E-state index in [2.05, 4.69) is 15.9 Å². The van der Waals surface area contributed by atoms with Gasteiger partial charge in [0.25, 0.3) is 0 Å². The zero-order valence-corrected chi connectivity index (χ0v) is 14.6. The Morgan fingerprint density at radius 1 is 1.30 bits per heavy atom. The summed E-state index contributed by atoms with van der Waals surface area (Å²) < 4.78 is 12.0. The van der Waals surface area contributed by atoms with Crippen LogP contribution in [0.15, 0.2) is 46.9 Å². The van der Waals surface area contributed by atoms with Crippen molar-refractivity contribution < 1.29 is 19.4 Å². The third-order valence-electron chi connectivity index (χ3n) is 2.97. The quantitative estimate of drug-likeness (QED) is 0.712. The number of carboxylic acid groups (broad SMARTS) is 1. The third-order valence-corrected chi connectivity index (χ3v) is 3.78. The summed E-state index contributed by atoms with van der Waals surface area (Å²) in [5.41, 5.74) is 1.60. The molecule has 0 atom stereocenters. The average Bonchev–Trinajstić information content (AvgIpc) is 2.53. The van der Waals surface area contributed by atoms with Crippen LogP contribution in [-0.4, -0.2) is 18.2 Å². The first-order valence-corrected chi connectivity index (χ1v) is 7.82. The molecule has 0 aliphatic carbocycles. The van der Waals surface area contributed by atoms with Gasteiger partial charge in [-0.05, 0) is 41.5 Å². The predicted molar refractivity (Wildman–Crippen MR) is 93.1 cm³/mol. The number of halogens is 2. The Labute approximate surface area is 147 Å². The smallest absolute Gasteiger partial charge is 0.328 e. The highest BCUT2D eigenvalue weighted by Crippen LogP contribution is 2.37. The molecule has 0 aliphatic heterocycles. The topological polar surface area (TPSA) is 55.8 Å². The van der Waals surface area contributed by atoms with Crippen LogP contribution in [0, 0.1) is 0 Å². The fraction of sp³-hybridized carbons (Fsp3) is 0.118. The van der Waals surface area contributed by atoms with E-state index in [-0.39, 0.29) is 0 Å². The molecule has 0 unspecified atom stereocenters. The maximum atomic E-state index is 10.6. The molecule has 0 amide bonds. The van der Waals surface area contributed by atoms with Crippen LogP contribution in [0.3, 0.4) is 0 Å². The molecule has 1 N–H and O–H groups in total. The van der Waals surface area contributed by atoms with Gasteiger partial charge in [-0.1, -0.05) is 39.7 Å². The van der Waals surface area contributed by atoms with Gasteiger partial charge < -0.3 is 14.6 Å². The summed E-state index contributed by atoms with van der Waals surface area (Å²) >= 11 is 9.60. The summed E-state index contributed by atoms with van der Waals surface area (Å²) in [7, 11) is 1.50. The van der Waals surface area contributed by atoms with E-state index >= 15 is 0 Å². The number of ether oxygens (including phenoxy) is 2. The van der Waals surface area contributed by atoms with Gasteiger partial charge in [0, 0.05) is 10.5 Å². The van der Waals surface area contributed by atoms with Crippen LogP contribution < -0.4 is 9.47 Å². The second kappa shape index (κ2) is 8.04. The van der Waals surface area contributed by atoms with Crippen molar-refractivity contribution in [1.82, 2.24) is 0 Å². The number of benzene rings is 2. The predicted octanol–water partition coefficient (Wildman–Crippen LogP) is 4.79. The van der Waals surface area contributed by atoms with Crippen molar-refractivity contribution in [3.8, 4) is 11.5 Å². The van der Waals surface area contributed by atoms with Gasteiger partial charge in [0.05, 0.1) is 12.1 Å². The van der Waals surface area contributed by atoms with Crippen LogP contribution in [0.2, 0.25) is 5.02 Å². The molecule has 23 heavy (non-hydrogen) atoms. The van der Waals surface area contributed by atoms with Crippen molar-refractivity contribution in [2.45, 2.75) is 6.61 Å². The van der Waals surface area contributed by atoms with Gasteiger partial charge in [0.15, 0.2) is 11.5 Å². The highest BCUT2D eigenvalue weighted by atomic mass is 79.9. The molecule has 2 aromatic rings. The van der Waals surface area contributed by atoms with Crippen LogP contribution >= 0.6 is 27.5 Å². The first-order valence-electron chi connectivity index (χ1n) is 6.65. The molecular weight excluding hydrogens is 384 g/mol. The highest BCUT2D eigenvalue weighted by molar-refractivity contribution is 9.10. The molecule has 0 heterocycles. The number of carboxylic acids is 1. The molecule has 0 aliphatic rings. The van der Waals surface area contributed by atoms with Gasteiger partial charge in [-0.2, -0.15) is 0 Å². The SMILES string of the molecule is COc1cc(C=CC(=O)O)cc(Cl)c1OCc1ccc(Br)cc1. The Morgan fingerprint density at radius 3 is 2.61 bits per heavy atom. The second-order valence-electron chi connectivity index (χ2n) is 4.62. The molecule has 2 aromatic carbocycles. The normalized spacial score (nSPS) is 10.7. The minimum absolute atomic E-state index is 0.341. The van der Waals surface area contributed by atoms with Crippen LogP contribution in [0.1, 0.15) is 11.1 Å². The maximum Gasteiger partial charge on any atom is 0.328 e. The number of aliphatic carboxylic acids is 1. The van der Waals surface area contributed by atoms with Gasteiger partial charge in [0.1, 0.15) is 6.61 Å². The molecule has 4 nitrogen and oxygen atoms in total. The van der Waals surface area contributed by atoms with E-state index in [0.717, 1.165) is 16.1 Å². The lowest BCUT2D eigenvalue weighted by molar-refractivity contribution is -0.131. The van der Waals surface area contributed by atoms with Gasteiger partial charge in [0.2, 0.25) is 0 Å². The number of methoxy groups -OCH3 is 1. The van der Waals surface area contributed by atoms with Crippen molar-refractivity contribution in [1.29, 1.82) is 0 Å². The Kier molecular flexibility index (Phi) is 6.07. The lowest BCUT2D eigenvalue weighted by Gasteiger charge is -2.13. The van der Waals surface area contributed by atoms with E-state index in [1.807, 2.05) is 24.3 Å². The first-order chi connectivity index (χ1) is 11.0. The van der Waals surface area contributed by atoms with Crippen molar-refractivity contribution in [3.63, 3.8) is 0 Å². The molecule has 0 spiro atoms. The molecule has 2 rings (SSSR count). The van der Waals surface area contributed by atoms with E-state index in [1.54, 1.807) is 12.1 Å². The van der Waals surface area contributed by atoms with E-state index in [4.69, 9.17) is 26.2 Å². The number of hydrogen-bond acceptors (Lipinski definition) is 3. The van der Waals surface area contributed by atoms with Crippen LogP contribution in [0.5, 0.6) is 11.5 Å². The zero-order valence-electron chi connectivity index (χ0n) is 12.3. The number of rotatable bonds is 6. The molecule has 0 aromatic heterocycles. The first kappa shape index (κ1) is 17.4. The van der Waals surface area contributed by atoms with Crippen molar-refractivity contribution in [3.05, 3.63) is 63.1 Å². The number of hydrogen-bond donors (Lipinski definition) is 1. The van der Waals surface area contributed by atoms with E-state index < -0.39 is 5.97 Å². The molecular formula is C17H14BrClO4. The molecule has 0 saturated carbocycles. The minimum atomic E-state index is -1.03. The lowest BCUT2D eigenvalue weighted by Crippen LogP contribution is -1.99. The summed E-state index contributed by atoms with van der Waals surface area (Å²) in [5, 5.41) is 9.03. The van der Waals surface area contributed by atoms with Gasteiger partial charge in [-0.3, -0.25) is 0 Å². The summed E-state index contributed by atoms with van der Waals surface area (Å²) in [4.78, 5) is 10.6. The monoisotopic (exact) mass is 396 g/mol. The summed E-state index contributed by atoms with van der Waals surface area (Å²) in [6, 6.07) is 11.0. The average molecular weight is 398 g/mol. The van der Waals surface area contributed by atoms with E-state index in [0.29, 0.717) is 28.7 Å².